The van der Waals surface area contributed by atoms with Crippen LogP contribution in [0, 0.1) is 11.8 Å². The lowest BCUT2D eigenvalue weighted by Crippen LogP contribution is -2.63. The topological polar surface area (TPSA) is 194 Å². The molecule has 11 nitrogen and oxygen atoms in total. The van der Waals surface area contributed by atoms with E-state index in [9.17, 15) is 39.9 Å². The van der Waals surface area contributed by atoms with Gasteiger partial charge in [0, 0.05) is 43.0 Å². The molecule has 216 valence electrons. The van der Waals surface area contributed by atoms with E-state index < -0.39 is 70.4 Å². The van der Waals surface area contributed by atoms with E-state index in [2.05, 4.69) is 17.1 Å². The number of Topliss-reactive ketones (excluding diaryl/α,β-unsaturated/α-hetero) is 2. The number of amides is 1. The Kier molecular flexibility index (Phi) is 7.18. The molecule has 1 saturated heterocycles. The molecule has 1 aromatic carbocycles. The van der Waals surface area contributed by atoms with Gasteiger partial charge in [-0.05, 0) is 43.4 Å². The van der Waals surface area contributed by atoms with Crippen LogP contribution in [0.15, 0.2) is 29.0 Å². The molecule has 0 aromatic heterocycles. The van der Waals surface area contributed by atoms with Crippen molar-refractivity contribution in [3.8, 4) is 5.75 Å². The van der Waals surface area contributed by atoms with Gasteiger partial charge >= 0.3 is 0 Å². The van der Waals surface area contributed by atoms with Crippen LogP contribution >= 0.6 is 0 Å². The molecule has 3 aliphatic carbocycles. The quantitative estimate of drug-likeness (QED) is 0.200. The van der Waals surface area contributed by atoms with E-state index in [0.29, 0.717) is 11.3 Å². The summed E-state index contributed by atoms with van der Waals surface area (Å²) < 4.78 is 0. The third-order valence-electron chi connectivity index (χ3n) is 9.28. The summed E-state index contributed by atoms with van der Waals surface area (Å²) in [5, 5.41) is 59.6. The van der Waals surface area contributed by atoms with E-state index in [4.69, 9.17) is 5.73 Å². The number of fused-ring (bicyclic) bond motifs is 3. The number of carbonyl (C=O) groups excluding carboxylic acids is 3. The fourth-order valence-electron chi connectivity index (χ4n) is 7.02. The van der Waals surface area contributed by atoms with Crippen molar-refractivity contribution in [2.45, 2.75) is 69.6 Å². The Morgan fingerprint density at radius 2 is 1.85 bits per heavy atom. The number of unbranched alkanes of at least 4 members (excludes halogenated alkanes) is 1. The Balaban J connectivity index is 1.52. The highest BCUT2D eigenvalue weighted by atomic mass is 16.4. The second kappa shape index (κ2) is 10.2. The van der Waals surface area contributed by atoms with Crippen molar-refractivity contribution in [1.82, 2.24) is 4.90 Å². The van der Waals surface area contributed by atoms with Crippen molar-refractivity contribution in [2.75, 3.05) is 25.0 Å². The second-order valence-electron chi connectivity index (χ2n) is 11.5. The van der Waals surface area contributed by atoms with Gasteiger partial charge in [0.05, 0.1) is 17.4 Å². The lowest BCUT2D eigenvalue weighted by Gasteiger charge is -2.50. The van der Waals surface area contributed by atoms with Crippen LogP contribution in [0.3, 0.4) is 0 Å². The SMILES string of the molecule is CCCCN1CCC(Nc2ccc3c(c2O)C(O)=C2C(=O)[C@]4(O)C(O)=C(C(N)=O)C(=O)C[C@@H]4[C@@H](O)[C@@H]2[C@H]3C)CC1. The van der Waals surface area contributed by atoms with E-state index in [1.807, 2.05) is 0 Å². The first-order valence-electron chi connectivity index (χ1n) is 13.9. The van der Waals surface area contributed by atoms with E-state index in [0.717, 1.165) is 45.3 Å². The molecular formula is C29H37N3O8. The number of nitrogens with one attached hydrogen (secondary N) is 1. The molecule has 0 bridgehead atoms. The Bertz CT molecular complexity index is 1330. The molecule has 1 saturated carbocycles. The number of aromatic hydroxyl groups is 1. The van der Waals surface area contributed by atoms with Crippen molar-refractivity contribution < 1.29 is 39.9 Å². The summed E-state index contributed by atoms with van der Waals surface area (Å²) in [6.45, 7) is 6.78. The summed E-state index contributed by atoms with van der Waals surface area (Å²) >= 11 is 0. The van der Waals surface area contributed by atoms with Gasteiger partial charge in [0.15, 0.2) is 11.4 Å². The zero-order valence-corrected chi connectivity index (χ0v) is 22.7. The predicted octanol–water partition coefficient (Wildman–Crippen LogP) is 1.63. The molecule has 5 atom stereocenters. The number of benzene rings is 1. The maximum atomic E-state index is 13.8. The Morgan fingerprint density at radius 1 is 1.18 bits per heavy atom. The first kappa shape index (κ1) is 28.1. The number of primary amides is 1. The predicted molar refractivity (Wildman–Crippen MR) is 145 cm³/mol. The normalized spacial score (nSPS) is 31.1. The molecule has 4 aliphatic rings. The number of nitrogens with zero attached hydrogens (tertiary/aromatic N) is 1. The van der Waals surface area contributed by atoms with Crippen LogP contribution in [0.1, 0.15) is 63.0 Å². The average molecular weight is 556 g/mol. The Morgan fingerprint density at radius 3 is 2.48 bits per heavy atom. The molecule has 1 heterocycles. The minimum Gasteiger partial charge on any atom is -0.508 e. The van der Waals surface area contributed by atoms with Gasteiger partial charge in [-0.3, -0.25) is 14.4 Å². The van der Waals surface area contributed by atoms with Crippen molar-refractivity contribution in [1.29, 1.82) is 0 Å². The fourth-order valence-corrected chi connectivity index (χ4v) is 7.02. The number of aliphatic hydroxyl groups excluding tert-OH is 3. The lowest BCUT2D eigenvalue weighted by atomic mass is 9.55. The number of nitrogens with two attached hydrogens (primary N) is 1. The van der Waals surface area contributed by atoms with Gasteiger partial charge in [0.1, 0.15) is 22.8 Å². The number of rotatable bonds is 6. The van der Waals surface area contributed by atoms with Gasteiger partial charge in [-0.1, -0.05) is 26.3 Å². The maximum Gasteiger partial charge on any atom is 0.255 e. The molecular weight excluding hydrogens is 518 g/mol. The molecule has 0 spiro atoms. The minimum absolute atomic E-state index is 0.00258. The van der Waals surface area contributed by atoms with Crippen LogP contribution in [-0.4, -0.2) is 85.3 Å². The molecule has 0 unspecified atom stereocenters. The zero-order chi connectivity index (χ0) is 29.1. The number of piperidine rings is 1. The Labute approximate surface area is 232 Å². The van der Waals surface area contributed by atoms with Crippen molar-refractivity contribution in [3.05, 3.63) is 40.2 Å². The standard InChI is InChI=1S/C29H37N3O8/c1-3-4-9-32-10-7-14(8-11-32)31-17-6-5-15-13(2)19-22(25(36)20(15)24(17)35)27(38)29(40)16(23(19)34)12-18(33)21(26(29)37)28(30)39/h5-6,13-14,16,19,23,31,34-37,40H,3-4,7-12H2,1-2H3,(H2,30,39)/t13-,16+,19+,23+,29+/m0/s1. The molecule has 5 rings (SSSR count). The first-order chi connectivity index (χ1) is 18.9. The minimum atomic E-state index is -2.84. The number of hydrogen-bond acceptors (Lipinski definition) is 10. The number of carbonyl (C=O) groups is 3. The molecule has 40 heavy (non-hydrogen) atoms. The number of aliphatic hydroxyl groups is 4. The Hall–Kier alpha value is -3.41. The third kappa shape index (κ3) is 4.10. The third-order valence-corrected chi connectivity index (χ3v) is 9.28. The highest BCUT2D eigenvalue weighted by Gasteiger charge is 2.64. The molecule has 8 N–H and O–H groups in total. The van der Waals surface area contributed by atoms with Crippen molar-refractivity contribution in [3.63, 3.8) is 0 Å². The summed E-state index contributed by atoms with van der Waals surface area (Å²) in [6, 6.07) is 3.52. The molecule has 1 amide bonds. The van der Waals surface area contributed by atoms with Crippen LogP contribution < -0.4 is 11.1 Å². The lowest BCUT2D eigenvalue weighted by molar-refractivity contribution is -0.160. The molecule has 2 fully saturated rings. The first-order valence-corrected chi connectivity index (χ1v) is 13.9. The van der Waals surface area contributed by atoms with Gasteiger partial charge in [-0.25, -0.2) is 0 Å². The van der Waals surface area contributed by atoms with Crippen molar-refractivity contribution >= 4 is 28.9 Å². The number of hydrogen-bond donors (Lipinski definition) is 7. The zero-order valence-electron chi connectivity index (χ0n) is 22.7. The van der Waals surface area contributed by atoms with Crippen LogP contribution in [0.2, 0.25) is 0 Å². The summed E-state index contributed by atoms with van der Waals surface area (Å²) in [4.78, 5) is 40.6. The summed E-state index contributed by atoms with van der Waals surface area (Å²) in [5.74, 6) is -8.59. The van der Waals surface area contributed by atoms with E-state index >= 15 is 0 Å². The number of phenolic OH excluding ortho intramolecular Hbond substituents is 1. The highest BCUT2D eigenvalue weighted by molar-refractivity contribution is 6.23. The average Bonchev–Trinajstić information content (AvgIpc) is 2.91. The fraction of sp³-hybridized carbons (Fsp3) is 0.552. The van der Waals surface area contributed by atoms with Gasteiger partial charge < -0.3 is 41.5 Å². The number of anilines is 1. The molecule has 1 aliphatic heterocycles. The molecule has 0 radical (unpaired) electrons. The van der Waals surface area contributed by atoms with Gasteiger partial charge in [0.2, 0.25) is 5.78 Å². The van der Waals surface area contributed by atoms with Crippen molar-refractivity contribution in [2.24, 2.45) is 17.6 Å². The van der Waals surface area contributed by atoms with Gasteiger partial charge in [0.25, 0.3) is 5.91 Å². The van der Waals surface area contributed by atoms with Crippen LogP contribution in [0.25, 0.3) is 5.76 Å². The van der Waals surface area contributed by atoms with E-state index in [-0.39, 0.29) is 22.9 Å². The highest BCUT2D eigenvalue weighted by Crippen LogP contribution is 2.56. The monoisotopic (exact) mass is 555 g/mol. The van der Waals surface area contributed by atoms with E-state index in [1.165, 1.54) is 0 Å². The van der Waals surface area contributed by atoms with E-state index in [1.54, 1.807) is 19.1 Å². The van der Waals surface area contributed by atoms with Crippen LogP contribution in [0.5, 0.6) is 5.75 Å². The number of likely N-dealkylation sites (tertiary alicyclic amines) is 1. The molecule has 11 heteroatoms. The largest absolute Gasteiger partial charge is 0.508 e. The second-order valence-corrected chi connectivity index (χ2v) is 11.5. The van der Waals surface area contributed by atoms with Crippen LogP contribution in [-0.2, 0) is 14.4 Å². The smallest absolute Gasteiger partial charge is 0.255 e. The van der Waals surface area contributed by atoms with Crippen LogP contribution in [0.4, 0.5) is 5.69 Å². The molecule has 1 aromatic rings. The maximum absolute atomic E-state index is 13.8. The summed E-state index contributed by atoms with van der Waals surface area (Å²) in [7, 11) is 0. The number of ketones is 2. The number of phenols is 1. The van der Waals surface area contributed by atoms with Gasteiger partial charge in [-0.2, -0.15) is 0 Å². The summed E-state index contributed by atoms with van der Waals surface area (Å²) in [6.07, 6.45) is 1.89. The summed E-state index contributed by atoms with van der Waals surface area (Å²) in [5.41, 5.74) is 1.97. The van der Waals surface area contributed by atoms with Gasteiger partial charge in [-0.15, -0.1) is 0 Å².